The Morgan fingerprint density at radius 2 is 1.87 bits per heavy atom. The van der Waals surface area contributed by atoms with Gasteiger partial charge in [0.15, 0.2) is 0 Å². The number of benzene rings is 1. The molecule has 4 nitrogen and oxygen atoms in total. The zero-order valence-corrected chi connectivity index (χ0v) is 19.2. The fourth-order valence-corrected chi connectivity index (χ4v) is 5.27. The second kappa shape index (κ2) is 8.49. The van der Waals surface area contributed by atoms with Crippen molar-refractivity contribution >= 4 is 17.0 Å². The SMILES string of the molecule is COC1=Cc2c(c(O[C@@H]3C[C@H](C)CC[C@H]3C(C)C)nc3ccc(OC)cc23)[C@@H](C)C1. The molecule has 1 aromatic heterocycles. The number of hydrogen-bond donors (Lipinski definition) is 0. The Labute approximate surface area is 180 Å². The van der Waals surface area contributed by atoms with E-state index in [1.807, 2.05) is 12.1 Å². The van der Waals surface area contributed by atoms with Crippen LogP contribution in [0.3, 0.4) is 0 Å². The molecule has 30 heavy (non-hydrogen) atoms. The molecular weight excluding hydrogens is 374 g/mol. The molecule has 0 saturated heterocycles. The van der Waals surface area contributed by atoms with Crippen molar-refractivity contribution in [2.24, 2.45) is 17.8 Å². The van der Waals surface area contributed by atoms with Gasteiger partial charge in [-0.3, -0.25) is 0 Å². The molecule has 0 spiro atoms. The number of hydrogen-bond acceptors (Lipinski definition) is 4. The summed E-state index contributed by atoms with van der Waals surface area (Å²) in [4.78, 5) is 5.03. The summed E-state index contributed by atoms with van der Waals surface area (Å²) in [5, 5.41) is 1.09. The normalized spacial score (nSPS) is 26.3. The third-order valence-electron chi connectivity index (χ3n) is 7.03. The van der Waals surface area contributed by atoms with Crippen molar-refractivity contribution in [2.75, 3.05) is 14.2 Å². The number of nitrogens with zero attached hydrogens (tertiary/aromatic N) is 1. The van der Waals surface area contributed by atoms with Crippen molar-refractivity contribution < 1.29 is 14.2 Å². The number of pyridine rings is 1. The minimum Gasteiger partial charge on any atom is -0.501 e. The third-order valence-corrected chi connectivity index (χ3v) is 7.03. The Morgan fingerprint density at radius 3 is 2.57 bits per heavy atom. The molecule has 4 rings (SSSR count). The summed E-state index contributed by atoms with van der Waals surface area (Å²) in [7, 11) is 3.45. The first-order chi connectivity index (χ1) is 14.4. The number of rotatable bonds is 5. The first-order valence-electron chi connectivity index (χ1n) is 11.3. The molecule has 0 aliphatic heterocycles. The van der Waals surface area contributed by atoms with Crippen molar-refractivity contribution in [3.63, 3.8) is 0 Å². The molecule has 1 saturated carbocycles. The van der Waals surface area contributed by atoms with Crippen LogP contribution in [0.5, 0.6) is 11.6 Å². The Bertz CT molecular complexity index is 949. The highest BCUT2D eigenvalue weighted by Crippen LogP contribution is 2.44. The van der Waals surface area contributed by atoms with E-state index in [0.29, 0.717) is 17.8 Å². The molecule has 2 aromatic rings. The van der Waals surface area contributed by atoms with E-state index in [1.165, 1.54) is 18.4 Å². The quantitative estimate of drug-likeness (QED) is 0.559. The van der Waals surface area contributed by atoms with E-state index >= 15 is 0 Å². The van der Waals surface area contributed by atoms with Crippen LogP contribution in [0, 0.1) is 17.8 Å². The Balaban J connectivity index is 1.84. The van der Waals surface area contributed by atoms with Gasteiger partial charge in [-0.05, 0) is 66.4 Å². The summed E-state index contributed by atoms with van der Waals surface area (Å²) in [6, 6.07) is 6.08. The second-order valence-corrected chi connectivity index (χ2v) is 9.53. The molecule has 2 aliphatic rings. The minimum atomic E-state index is 0.223. The molecule has 0 unspecified atom stereocenters. The number of allylic oxidation sites excluding steroid dienone is 1. The average molecular weight is 410 g/mol. The van der Waals surface area contributed by atoms with Gasteiger partial charge < -0.3 is 14.2 Å². The number of methoxy groups -OCH3 is 2. The van der Waals surface area contributed by atoms with Crippen LogP contribution < -0.4 is 9.47 Å². The van der Waals surface area contributed by atoms with Gasteiger partial charge in [-0.15, -0.1) is 0 Å². The summed E-state index contributed by atoms with van der Waals surface area (Å²) >= 11 is 0. The highest BCUT2D eigenvalue weighted by molar-refractivity contribution is 5.92. The van der Waals surface area contributed by atoms with Crippen LogP contribution in [-0.2, 0) is 4.74 Å². The molecular formula is C26H35NO3. The average Bonchev–Trinajstić information content (AvgIpc) is 2.72. The van der Waals surface area contributed by atoms with Crippen LogP contribution in [0.4, 0.5) is 0 Å². The lowest BCUT2D eigenvalue weighted by atomic mass is 9.75. The molecule has 0 N–H and O–H groups in total. The summed E-state index contributed by atoms with van der Waals surface area (Å²) in [5.41, 5.74) is 3.31. The smallest absolute Gasteiger partial charge is 0.218 e. The van der Waals surface area contributed by atoms with Gasteiger partial charge in [0.05, 0.1) is 25.5 Å². The lowest BCUT2D eigenvalue weighted by Crippen LogP contribution is -2.37. The maximum absolute atomic E-state index is 6.79. The van der Waals surface area contributed by atoms with Crippen LogP contribution in [0.25, 0.3) is 17.0 Å². The molecule has 4 atom stereocenters. The number of aromatic nitrogens is 1. The van der Waals surface area contributed by atoms with Gasteiger partial charge in [-0.25, -0.2) is 4.98 Å². The van der Waals surface area contributed by atoms with Gasteiger partial charge in [0.1, 0.15) is 11.9 Å². The lowest BCUT2D eigenvalue weighted by Gasteiger charge is -2.38. The van der Waals surface area contributed by atoms with E-state index in [9.17, 15) is 0 Å². The van der Waals surface area contributed by atoms with Gasteiger partial charge >= 0.3 is 0 Å². The molecule has 0 bridgehead atoms. The summed E-state index contributed by atoms with van der Waals surface area (Å²) in [6.07, 6.45) is 6.89. The molecule has 1 fully saturated rings. The maximum atomic E-state index is 6.79. The van der Waals surface area contributed by atoms with Gasteiger partial charge in [0.2, 0.25) is 5.88 Å². The van der Waals surface area contributed by atoms with Gasteiger partial charge in [-0.2, -0.15) is 0 Å². The van der Waals surface area contributed by atoms with Crippen molar-refractivity contribution in [1.29, 1.82) is 0 Å². The van der Waals surface area contributed by atoms with E-state index in [2.05, 4.69) is 39.8 Å². The van der Waals surface area contributed by atoms with E-state index in [4.69, 9.17) is 19.2 Å². The van der Waals surface area contributed by atoms with Crippen molar-refractivity contribution in [1.82, 2.24) is 4.98 Å². The number of ether oxygens (including phenoxy) is 3. The second-order valence-electron chi connectivity index (χ2n) is 9.53. The van der Waals surface area contributed by atoms with Crippen molar-refractivity contribution in [3.8, 4) is 11.6 Å². The van der Waals surface area contributed by atoms with Crippen LogP contribution in [-0.4, -0.2) is 25.3 Å². The molecule has 1 heterocycles. The maximum Gasteiger partial charge on any atom is 0.218 e. The summed E-state index contributed by atoms with van der Waals surface area (Å²) in [5.74, 6) is 4.83. The molecule has 0 amide bonds. The Morgan fingerprint density at radius 1 is 1.07 bits per heavy atom. The predicted octanol–water partition coefficient (Wildman–Crippen LogP) is 6.58. The zero-order valence-electron chi connectivity index (χ0n) is 19.2. The summed E-state index contributed by atoms with van der Waals surface area (Å²) < 4.78 is 17.9. The van der Waals surface area contributed by atoms with Crippen LogP contribution in [0.1, 0.15) is 70.4 Å². The van der Waals surface area contributed by atoms with E-state index in [1.54, 1.807) is 14.2 Å². The third kappa shape index (κ3) is 3.89. The van der Waals surface area contributed by atoms with Crippen molar-refractivity contribution in [2.45, 2.75) is 65.4 Å². The fraction of sp³-hybridized carbons (Fsp3) is 0.577. The van der Waals surface area contributed by atoms with Gasteiger partial charge in [-0.1, -0.05) is 34.1 Å². The van der Waals surface area contributed by atoms with Crippen LogP contribution in [0.2, 0.25) is 0 Å². The highest BCUT2D eigenvalue weighted by Gasteiger charge is 2.34. The predicted molar refractivity (Wildman–Crippen MR) is 122 cm³/mol. The first kappa shape index (κ1) is 21.0. The Hall–Kier alpha value is -2.23. The first-order valence-corrected chi connectivity index (χ1v) is 11.3. The fourth-order valence-electron chi connectivity index (χ4n) is 5.27. The zero-order chi connectivity index (χ0) is 21.4. The van der Waals surface area contributed by atoms with E-state index in [0.717, 1.165) is 46.7 Å². The molecule has 4 heteroatoms. The van der Waals surface area contributed by atoms with Crippen LogP contribution in [0.15, 0.2) is 24.0 Å². The summed E-state index contributed by atoms with van der Waals surface area (Å²) in [6.45, 7) is 9.24. The Kier molecular flexibility index (Phi) is 5.95. The van der Waals surface area contributed by atoms with Gasteiger partial charge in [0.25, 0.3) is 0 Å². The van der Waals surface area contributed by atoms with Crippen LogP contribution >= 0.6 is 0 Å². The lowest BCUT2D eigenvalue weighted by molar-refractivity contribution is 0.0418. The van der Waals surface area contributed by atoms with E-state index in [-0.39, 0.29) is 12.0 Å². The largest absolute Gasteiger partial charge is 0.501 e. The standard InChI is InChI=1S/C26H35NO3/c1-15(2)20-9-7-16(3)11-24(20)30-26-25-17(4)12-19(29-6)14-22(25)21-13-18(28-5)8-10-23(21)27-26/h8,10,13-17,20,24H,7,9,11-12H2,1-6H3/t16-,17+,20+,24-/m1/s1. The highest BCUT2D eigenvalue weighted by atomic mass is 16.5. The molecule has 1 aromatic carbocycles. The monoisotopic (exact) mass is 409 g/mol. The molecule has 162 valence electrons. The molecule has 2 aliphatic carbocycles. The number of fused-ring (bicyclic) bond motifs is 3. The van der Waals surface area contributed by atoms with E-state index < -0.39 is 0 Å². The van der Waals surface area contributed by atoms with Gasteiger partial charge in [0, 0.05) is 17.4 Å². The topological polar surface area (TPSA) is 40.6 Å². The van der Waals surface area contributed by atoms with Crippen molar-refractivity contribution in [3.05, 3.63) is 35.1 Å². The molecule has 0 radical (unpaired) electrons. The minimum absolute atomic E-state index is 0.223.